The molecule has 0 bridgehead atoms. The summed E-state index contributed by atoms with van der Waals surface area (Å²) in [6.07, 6.45) is 6.52. The van der Waals surface area contributed by atoms with E-state index in [0.717, 1.165) is 30.7 Å². The van der Waals surface area contributed by atoms with E-state index in [0.29, 0.717) is 0 Å². The van der Waals surface area contributed by atoms with E-state index in [4.69, 9.17) is 0 Å². The highest BCUT2D eigenvalue weighted by Crippen LogP contribution is 2.35. The normalized spacial score (nSPS) is 18.8. The van der Waals surface area contributed by atoms with Crippen molar-refractivity contribution >= 4 is 0 Å². The molecule has 0 aromatic carbocycles. The van der Waals surface area contributed by atoms with Crippen LogP contribution in [-0.2, 0) is 6.54 Å². The van der Waals surface area contributed by atoms with Gasteiger partial charge in [-0.1, -0.05) is 6.92 Å². The number of imidazole rings is 1. The first kappa shape index (κ1) is 8.75. The summed E-state index contributed by atoms with van der Waals surface area (Å²) in [5.74, 6) is 2.85. The average molecular weight is 179 g/mol. The van der Waals surface area contributed by atoms with Crippen LogP contribution >= 0.6 is 0 Å². The van der Waals surface area contributed by atoms with Crippen LogP contribution in [-0.4, -0.2) is 16.5 Å². The first-order valence-electron chi connectivity index (χ1n) is 5.05. The SMILES string of the molecule is CC(CNCc1ncc[nH]1)C1CC1. The van der Waals surface area contributed by atoms with Gasteiger partial charge in [0.2, 0.25) is 0 Å². The van der Waals surface area contributed by atoms with Crippen LogP contribution in [0.3, 0.4) is 0 Å². The Morgan fingerprint density at radius 3 is 3.15 bits per heavy atom. The van der Waals surface area contributed by atoms with Gasteiger partial charge in [-0.05, 0) is 31.2 Å². The Morgan fingerprint density at radius 2 is 2.54 bits per heavy atom. The van der Waals surface area contributed by atoms with Gasteiger partial charge in [-0.25, -0.2) is 4.98 Å². The summed E-state index contributed by atoms with van der Waals surface area (Å²) in [7, 11) is 0. The van der Waals surface area contributed by atoms with Crippen LogP contribution in [0.5, 0.6) is 0 Å². The molecule has 72 valence electrons. The van der Waals surface area contributed by atoms with E-state index in [1.165, 1.54) is 12.8 Å². The topological polar surface area (TPSA) is 40.7 Å². The molecule has 1 unspecified atom stereocenters. The van der Waals surface area contributed by atoms with Gasteiger partial charge in [0.05, 0.1) is 6.54 Å². The fraction of sp³-hybridized carbons (Fsp3) is 0.700. The van der Waals surface area contributed by atoms with Crippen molar-refractivity contribution < 1.29 is 0 Å². The van der Waals surface area contributed by atoms with Crippen molar-refractivity contribution in [2.75, 3.05) is 6.54 Å². The lowest BCUT2D eigenvalue weighted by Crippen LogP contribution is -2.22. The standard InChI is InChI=1S/C10H17N3/c1-8(9-2-3-9)6-11-7-10-12-4-5-13-10/h4-5,8-9,11H,2-3,6-7H2,1H3,(H,12,13). The molecule has 1 aliphatic carbocycles. The van der Waals surface area contributed by atoms with E-state index in [2.05, 4.69) is 22.2 Å². The molecule has 1 aromatic rings. The van der Waals surface area contributed by atoms with E-state index in [9.17, 15) is 0 Å². The molecule has 1 aromatic heterocycles. The quantitative estimate of drug-likeness (QED) is 0.720. The van der Waals surface area contributed by atoms with Crippen LogP contribution in [0.4, 0.5) is 0 Å². The predicted molar refractivity (Wildman–Crippen MR) is 52.2 cm³/mol. The Hall–Kier alpha value is -0.830. The second-order valence-electron chi connectivity index (χ2n) is 3.98. The summed E-state index contributed by atoms with van der Waals surface area (Å²) < 4.78 is 0. The molecule has 0 aliphatic heterocycles. The summed E-state index contributed by atoms with van der Waals surface area (Å²) in [5, 5.41) is 3.42. The van der Waals surface area contributed by atoms with Crippen molar-refractivity contribution in [3.63, 3.8) is 0 Å². The molecule has 1 fully saturated rings. The third kappa shape index (κ3) is 2.56. The zero-order valence-corrected chi connectivity index (χ0v) is 8.09. The van der Waals surface area contributed by atoms with Crippen molar-refractivity contribution in [1.29, 1.82) is 0 Å². The van der Waals surface area contributed by atoms with Gasteiger partial charge in [-0.2, -0.15) is 0 Å². The summed E-state index contributed by atoms with van der Waals surface area (Å²) in [5.41, 5.74) is 0. The molecule has 1 atom stereocenters. The van der Waals surface area contributed by atoms with E-state index >= 15 is 0 Å². The zero-order chi connectivity index (χ0) is 9.10. The molecule has 2 N–H and O–H groups in total. The van der Waals surface area contributed by atoms with Crippen LogP contribution in [0.15, 0.2) is 12.4 Å². The monoisotopic (exact) mass is 179 g/mol. The Labute approximate surface area is 79.0 Å². The number of hydrogen-bond donors (Lipinski definition) is 2. The minimum Gasteiger partial charge on any atom is -0.348 e. The third-order valence-electron chi connectivity index (χ3n) is 2.74. The second kappa shape index (κ2) is 3.92. The Bertz CT molecular complexity index is 239. The Morgan fingerprint density at radius 1 is 1.69 bits per heavy atom. The molecule has 1 heterocycles. The van der Waals surface area contributed by atoms with Crippen molar-refractivity contribution in [1.82, 2.24) is 15.3 Å². The molecular formula is C10H17N3. The third-order valence-corrected chi connectivity index (χ3v) is 2.74. The summed E-state index contributed by atoms with van der Waals surface area (Å²) >= 11 is 0. The summed E-state index contributed by atoms with van der Waals surface area (Å²) in [4.78, 5) is 7.24. The van der Waals surface area contributed by atoms with Crippen LogP contribution < -0.4 is 5.32 Å². The maximum atomic E-state index is 4.16. The smallest absolute Gasteiger partial charge is 0.120 e. The largest absolute Gasteiger partial charge is 0.348 e. The molecular weight excluding hydrogens is 162 g/mol. The first-order chi connectivity index (χ1) is 6.36. The molecule has 0 radical (unpaired) electrons. The van der Waals surface area contributed by atoms with Gasteiger partial charge in [0.15, 0.2) is 0 Å². The van der Waals surface area contributed by atoms with E-state index in [-0.39, 0.29) is 0 Å². The van der Waals surface area contributed by atoms with Crippen LogP contribution in [0.25, 0.3) is 0 Å². The van der Waals surface area contributed by atoms with Crippen molar-refractivity contribution in [3.8, 4) is 0 Å². The maximum Gasteiger partial charge on any atom is 0.120 e. The number of rotatable bonds is 5. The lowest BCUT2D eigenvalue weighted by Gasteiger charge is -2.09. The fourth-order valence-electron chi connectivity index (χ4n) is 1.64. The minimum atomic E-state index is 0.829. The van der Waals surface area contributed by atoms with Gasteiger partial charge < -0.3 is 10.3 Å². The number of nitrogens with one attached hydrogen (secondary N) is 2. The maximum absolute atomic E-state index is 4.16. The zero-order valence-electron chi connectivity index (χ0n) is 8.09. The predicted octanol–water partition coefficient (Wildman–Crippen LogP) is 1.55. The number of aromatic nitrogens is 2. The summed E-state index contributed by atoms with van der Waals surface area (Å²) in [6, 6.07) is 0. The molecule has 1 saturated carbocycles. The highest BCUT2D eigenvalue weighted by Gasteiger charge is 2.27. The van der Waals surface area contributed by atoms with Gasteiger partial charge in [0.1, 0.15) is 5.82 Å². The number of H-pyrrole nitrogens is 1. The van der Waals surface area contributed by atoms with Crippen molar-refractivity contribution in [2.24, 2.45) is 11.8 Å². The highest BCUT2D eigenvalue weighted by molar-refractivity contribution is 4.86. The van der Waals surface area contributed by atoms with Crippen molar-refractivity contribution in [2.45, 2.75) is 26.3 Å². The minimum absolute atomic E-state index is 0.829. The molecule has 3 heteroatoms. The Kier molecular flexibility index (Phi) is 2.64. The van der Waals surface area contributed by atoms with Gasteiger partial charge in [-0.15, -0.1) is 0 Å². The van der Waals surface area contributed by atoms with Gasteiger partial charge >= 0.3 is 0 Å². The van der Waals surface area contributed by atoms with Gasteiger partial charge in [0, 0.05) is 12.4 Å². The second-order valence-corrected chi connectivity index (χ2v) is 3.98. The van der Waals surface area contributed by atoms with Crippen LogP contribution in [0, 0.1) is 11.8 Å². The van der Waals surface area contributed by atoms with E-state index in [1.54, 1.807) is 6.20 Å². The molecule has 1 aliphatic rings. The van der Waals surface area contributed by atoms with Crippen LogP contribution in [0.2, 0.25) is 0 Å². The lowest BCUT2D eigenvalue weighted by atomic mass is 10.1. The molecule has 0 spiro atoms. The summed E-state index contributed by atoms with van der Waals surface area (Å²) in [6.45, 7) is 4.31. The fourth-order valence-corrected chi connectivity index (χ4v) is 1.64. The van der Waals surface area contributed by atoms with Crippen LogP contribution in [0.1, 0.15) is 25.6 Å². The first-order valence-corrected chi connectivity index (χ1v) is 5.05. The van der Waals surface area contributed by atoms with E-state index in [1.807, 2.05) is 6.20 Å². The lowest BCUT2D eigenvalue weighted by molar-refractivity contribution is 0.458. The molecule has 13 heavy (non-hydrogen) atoms. The molecule has 2 rings (SSSR count). The number of nitrogens with zero attached hydrogens (tertiary/aromatic N) is 1. The molecule has 0 saturated heterocycles. The average Bonchev–Trinajstić information content (AvgIpc) is 2.86. The van der Waals surface area contributed by atoms with Crippen molar-refractivity contribution in [3.05, 3.63) is 18.2 Å². The van der Waals surface area contributed by atoms with Gasteiger partial charge in [0.25, 0.3) is 0 Å². The highest BCUT2D eigenvalue weighted by atomic mass is 15.0. The Balaban J connectivity index is 1.63. The van der Waals surface area contributed by atoms with E-state index < -0.39 is 0 Å². The number of aromatic amines is 1. The molecule has 0 amide bonds. The van der Waals surface area contributed by atoms with Gasteiger partial charge in [-0.3, -0.25) is 0 Å². The molecule has 3 nitrogen and oxygen atoms in total. The number of hydrogen-bond acceptors (Lipinski definition) is 2.